The number of alkyl halides is 3. The monoisotopic (exact) mass is 887 g/mol. The van der Waals surface area contributed by atoms with E-state index in [1.54, 1.807) is 35.0 Å². The van der Waals surface area contributed by atoms with Gasteiger partial charge in [0.1, 0.15) is 6.04 Å². The van der Waals surface area contributed by atoms with Gasteiger partial charge in [-0.15, -0.1) is 10.2 Å². The Kier molecular flexibility index (Phi) is 11.2. The number of amides is 7. The Hall–Kier alpha value is -6.58. The molecule has 2 unspecified atom stereocenters. The van der Waals surface area contributed by atoms with Crippen LogP contribution in [-0.2, 0) is 15.8 Å². The normalized spacial score (nSPS) is 23.4. The van der Waals surface area contributed by atoms with E-state index < -0.39 is 47.3 Å². The van der Waals surface area contributed by atoms with E-state index in [4.69, 9.17) is 5.73 Å². The number of primary amides is 1. The Bertz CT molecular complexity index is 2410. The highest BCUT2D eigenvalue weighted by molar-refractivity contribution is 6.23. The maximum Gasteiger partial charge on any atom is 0.418 e. The average Bonchev–Trinajstić information content (AvgIpc) is 3.95. The standard InChI is InChI=1S/C42H48F3N13O6/c1-52-13-18-57(41(52)64)27-3-2-11-56(23-27)40-49-36(34(35(46)60)50-51-40)47-25-4-7-31(30(19-25)42(43,44)45)54-16-14-53(15-17-54)21-24-10-12-55(22-24)26-5-6-28-29(20-26)39(63)58(38(28)62)32-8-9-33(59)48-37(32)61/h4-7,19-20,24,27,32H,2-3,8-18,21-23H2,1H3,(H2,46,60)(H,47,49,51)(H,48,59,61)/t24?,27-,32?/m1/s1. The summed E-state index contributed by atoms with van der Waals surface area (Å²) in [5, 5.41) is 13.2. The van der Waals surface area contributed by atoms with Crippen molar-refractivity contribution in [2.45, 2.75) is 50.4 Å². The Morgan fingerprint density at radius 1 is 0.844 bits per heavy atom. The predicted molar refractivity (Wildman–Crippen MR) is 225 cm³/mol. The number of rotatable bonds is 10. The van der Waals surface area contributed by atoms with Crippen molar-refractivity contribution in [3.05, 3.63) is 58.8 Å². The summed E-state index contributed by atoms with van der Waals surface area (Å²) >= 11 is 0. The van der Waals surface area contributed by atoms with Crippen LogP contribution in [0.5, 0.6) is 0 Å². The lowest BCUT2D eigenvalue weighted by Crippen LogP contribution is -2.54. The first kappa shape index (κ1) is 42.7. The molecule has 0 saturated carbocycles. The first-order valence-corrected chi connectivity index (χ1v) is 21.5. The molecule has 7 heterocycles. The number of urea groups is 1. The molecule has 2 aromatic carbocycles. The van der Waals surface area contributed by atoms with Gasteiger partial charge < -0.3 is 35.6 Å². The molecular weight excluding hydrogens is 840 g/mol. The van der Waals surface area contributed by atoms with Crippen molar-refractivity contribution < 1.29 is 41.9 Å². The lowest BCUT2D eigenvalue weighted by atomic mass is 10.0. The highest BCUT2D eigenvalue weighted by atomic mass is 19.4. The third-order valence-corrected chi connectivity index (χ3v) is 13.1. The fourth-order valence-electron chi connectivity index (χ4n) is 9.76. The SMILES string of the molecule is CN1CCN([C@@H]2CCCN(c3nnc(C(N)=O)c(Nc4ccc(N5CCN(CC6CCN(c7ccc8c(c7)C(=O)N(C7CCC(=O)NC7=O)C8=O)C6)CC5)c(C(F)(F)F)c4)n3)C2)C1=O. The molecule has 19 nitrogen and oxygen atoms in total. The average molecular weight is 888 g/mol. The van der Waals surface area contributed by atoms with Gasteiger partial charge in [0.05, 0.1) is 22.7 Å². The lowest BCUT2D eigenvalue weighted by molar-refractivity contribution is -0.137. The zero-order valence-corrected chi connectivity index (χ0v) is 35.1. The van der Waals surface area contributed by atoms with E-state index in [0.717, 1.165) is 42.5 Å². The highest BCUT2D eigenvalue weighted by Gasteiger charge is 2.45. The van der Waals surface area contributed by atoms with E-state index in [1.807, 2.05) is 9.80 Å². The van der Waals surface area contributed by atoms with Crippen LogP contribution in [0.1, 0.15) is 68.9 Å². The maximum atomic E-state index is 14.7. The summed E-state index contributed by atoms with van der Waals surface area (Å²) in [6.07, 6.45) is -2.20. The number of nitrogens with two attached hydrogens (primary N) is 1. The van der Waals surface area contributed by atoms with Crippen LogP contribution in [0.15, 0.2) is 36.4 Å². The Labute approximate surface area is 365 Å². The second-order valence-electron chi connectivity index (χ2n) is 17.2. The topological polar surface area (TPSA) is 214 Å². The fourth-order valence-corrected chi connectivity index (χ4v) is 9.76. The van der Waals surface area contributed by atoms with Gasteiger partial charge in [-0.2, -0.15) is 18.2 Å². The molecular formula is C42H48F3N13O6. The molecule has 3 atom stereocenters. The van der Waals surface area contributed by atoms with Crippen LogP contribution in [0.3, 0.4) is 0 Å². The molecule has 4 N–H and O–H groups in total. The van der Waals surface area contributed by atoms with Crippen molar-refractivity contribution >= 4 is 64.4 Å². The Balaban J connectivity index is 0.824. The quantitative estimate of drug-likeness (QED) is 0.249. The van der Waals surface area contributed by atoms with Crippen LogP contribution < -0.4 is 31.1 Å². The minimum atomic E-state index is -4.71. The van der Waals surface area contributed by atoms with Crippen molar-refractivity contribution in [2.75, 3.05) is 99.1 Å². The van der Waals surface area contributed by atoms with E-state index >= 15 is 0 Å². The summed E-state index contributed by atoms with van der Waals surface area (Å²) in [6, 6.07) is 7.79. The third-order valence-electron chi connectivity index (χ3n) is 13.1. The van der Waals surface area contributed by atoms with Crippen LogP contribution in [0.2, 0.25) is 0 Å². The molecule has 6 aliphatic heterocycles. The number of likely N-dealkylation sites (N-methyl/N-ethyl adjacent to an activating group) is 1. The van der Waals surface area contributed by atoms with Crippen molar-refractivity contribution in [3.8, 4) is 0 Å². The number of piperazine rings is 1. The van der Waals surface area contributed by atoms with Crippen LogP contribution >= 0.6 is 0 Å². The van der Waals surface area contributed by atoms with Gasteiger partial charge in [0.25, 0.3) is 17.7 Å². The molecule has 5 fully saturated rings. The molecule has 64 heavy (non-hydrogen) atoms. The molecule has 0 aliphatic carbocycles. The van der Waals surface area contributed by atoms with Gasteiger partial charge in [-0.25, -0.2) is 4.79 Å². The molecule has 9 rings (SSSR count). The molecule has 22 heteroatoms. The van der Waals surface area contributed by atoms with E-state index in [-0.39, 0.29) is 70.8 Å². The lowest BCUT2D eigenvalue weighted by Gasteiger charge is -2.38. The molecule has 338 valence electrons. The molecule has 0 spiro atoms. The minimum Gasteiger partial charge on any atom is -0.371 e. The molecule has 3 aromatic rings. The number of hydrogen-bond acceptors (Lipinski definition) is 14. The zero-order valence-electron chi connectivity index (χ0n) is 35.1. The molecule has 0 bridgehead atoms. The predicted octanol–water partition coefficient (Wildman–Crippen LogP) is 2.12. The van der Waals surface area contributed by atoms with Gasteiger partial charge in [-0.1, -0.05) is 0 Å². The summed E-state index contributed by atoms with van der Waals surface area (Å²) in [5.41, 5.74) is 5.68. The number of nitrogens with zero attached hydrogens (tertiary/aromatic N) is 10. The molecule has 1 aromatic heterocycles. The summed E-state index contributed by atoms with van der Waals surface area (Å²) in [5.74, 6) is -2.90. The number of fused-ring (bicyclic) bond motifs is 1. The molecule has 5 saturated heterocycles. The van der Waals surface area contributed by atoms with Crippen LogP contribution in [0, 0.1) is 5.92 Å². The first-order chi connectivity index (χ1) is 30.6. The fraction of sp³-hybridized carbons (Fsp3) is 0.500. The van der Waals surface area contributed by atoms with Gasteiger partial charge in [0, 0.05) is 103 Å². The van der Waals surface area contributed by atoms with Crippen molar-refractivity contribution in [3.63, 3.8) is 0 Å². The van der Waals surface area contributed by atoms with E-state index in [2.05, 4.69) is 35.6 Å². The van der Waals surface area contributed by atoms with Gasteiger partial charge in [0.15, 0.2) is 11.5 Å². The van der Waals surface area contributed by atoms with E-state index in [9.17, 15) is 41.9 Å². The van der Waals surface area contributed by atoms with Crippen LogP contribution in [0.25, 0.3) is 0 Å². The first-order valence-electron chi connectivity index (χ1n) is 21.5. The number of imide groups is 2. The number of aromatic nitrogens is 3. The number of hydrogen-bond donors (Lipinski definition) is 3. The van der Waals surface area contributed by atoms with Crippen LogP contribution in [-0.4, -0.2) is 161 Å². The van der Waals surface area contributed by atoms with E-state index in [0.29, 0.717) is 65.4 Å². The number of nitrogens with one attached hydrogen (secondary N) is 2. The second kappa shape index (κ2) is 16.8. The minimum absolute atomic E-state index is 0.0302. The Morgan fingerprint density at radius 3 is 2.34 bits per heavy atom. The summed E-state index contributed by atoms with van der Waals surface area (Å²) < 4.78 is 44.2. The number of anilines is 5. The molecule has 7 amide bonds. The van der Waals surface area contributed by atoms with Gasteiger partial charge in [-0.05, 0) is 68.0 Å². The van der Waals surface area contributed by atoms with Crippen LogP contribution in [0.4, 0.5) is 46.8 Å². The summed E-state index contributed by atoms with van der Waals surface area (Å²) in [4.78, 5) is 92.6. The molecule has 6 aliphatic rings. The number of carbonyl (C=O) groups is 6. The van der Waals surface area contributed by atoms with Gasteiger partial charge >= 0.3 is 12.2 Å². The zero-order chi connectivity index (χ0) is 45.0. The number of piperidine rings is 2. The summed E-state index contributed by atoms with van der Waals surface area (Å²) in [7, 11) is 1.75. The number of halogens is 3. The second-order valence-corrected chi connectivity index (χ2v) is 17.2. The number of carbonyl (C=O) groups excluding carboxylic acids is 6. The van der Waals surface area contributed by atoms with E-state index in [1.165, 1.54) is 12.1 Å². The van der Waals surface area contributed by atoms with Gasteiger partial charge in [-0.3, -0.25) is 39.1 Å². The Morgan fingerprint density at radius 2 is 1.62 bits per heavy atom. The molecule has 0 radical (unpaired) electrons. The van der Waals surface area contributed by atoms with Crippen molar-refractivity contribution in [1.82, 2.24) is 40.1 Å². The number of benzene rings is 2. The summed E-state index contributed by atoms with van der Waals surface area (Å²) in [6.45, 7) is 6.12. The maximum absolute atomic E-state index is 14.7. The highest BCUT2D eigenvalue weighted by Crippen LogP contribution is 2.40. The largest absolute Gasteiger partial charge is 0.418 e. The third kappa shape index (κ3) is 8.21. The smallest absolute Gasteiger partial charge is 0.371 e. The van der Waals surface area contributed by atoms with Crippen molar-refractivity contribution in [2.24, 2.45) is 11.7 Å². The van der Waals surface area contributed by atoms with Crippen molar-refractivity contribution in [1.29, 1.82) is 0 Å². The van der Waals surface area contributed by atoms with Gasteiger partial charge in [0.2, 0.25) is 17.8 Å².